The summed E-state index contributed by atoms with van der Waals surface area (Å²) in [4.78, 5) is 17.9. The zero-order chi connectivity index (χ0) is 22.1. The van der Waals surface area contributed by atoms with E-state index in [1.807, 2.05) is 36.4 Å². The molecular formula is C23H15BrClN5OS. The Kier molecular flexibility index (Phi) is 5.70. The molecular weight excluding hydrogens is 510 g/mol. The Balaban J connectivity index is 1.31. The lowest BCUT2D eigenvalue weighted by Crippen LogP contribution is -2.28. The molecule has 9 heteroatoms. The third-order valence-corrected chi connectivity index (χ3v) is 6.79. The molecule has 2 aromatic carbocycles. The lowest BCUT2D eigenvalue weighted by Gasteiger charge is -2.11. The summed E-state index contributed by atoms with van der Waals surface area (Å²) in [5.74, 6) is 0.636. The second kappa shape index (κ2) is 8.79. The molecule has 0 aliphatic rings. The van der Waals surface area contributed by atoms with Gasteiger partial charge >= 0.3 is 0 Å². The summed E-state index contributed by atoms with van der Waals surface area (Å²) in [7, 11) is 0. The molecule has 158 valence electrons. The quantitative estimate of drug-likeness (QED) is 0.289. The van der Waals surface area contributed by atoms with Crippen LogP contribution in [-0.2, 0) is 0 Å². The van der Waals surface area contributed by atoms with E-state index in [0.29, 0.717) is 39.9 Å². The standard InChI is InChI=1S/C23H15BrClN5OS/c24-16-13-28-30-21(12-18(29-22(16)30)15-6-2-3-7-17(15)25)26-9-10-27-23(31)20-11-14-5-1-4-8-19(14)32-20/h1,3-5,7-8,11-13,26H,9-10H2,(H,27,31). The number of anilines is 1. The average Bonchev–Trinajstić information content (AvgIpc) is 3.41. The second-order valence-corrected chi connectivity index (χ2v) is 9.26. The first-order chi connectivity index (χ1) is 15.6. The van der Waals surface area contributed by atoms with E-state index in [0.717, 1.165) is 20.4 Å². The number of thiophene rings is 1. The third kappa shape index (κ3) is 4.02. The first kappa shape index (κ1) is 20.8. The minimum atomic E-state index is -0.0865. The fourth-order valence-electron chi connectivity index (χ4n) is 3.30. The molecule has 5 aromatic rings. The fourth-order valence-corrected chi connectivity index (χ4v) is 4.83. The number of carbonyl (C=O) groups excluding carboxylic acids is 1. The number of carbonyl (C=O) groups is 1. The van der Waals surface area contributed by atoms with Gasteiger partial charge in [0.2, 0.25) is 0 Å². The fraction of sp³-hybridized carbons (Fsp3) is 0.0870. The van der Waals surface area contributed by atoms with Crippen LogP contribution in [0, 0.1) is 12.1 Å². The van der Waals surface area contributed by atoms with Crippen LogP contribution < -0.4 is 10.6 Å². The summed E-state index contributed by atoms with van der Waals surface area (Å²) in [6, 6.07) is 21.1. The number of rotatable bonds is 6. The van der Waals surface area contributed by atoms with Gasteiger partial charge in [0.05, 0.1) is 31.8 Å². The largest absolute Gasteiger partial charge is 0.368 e. The van der Waals surface area contributed by atoms with E-state index in [2.05, 4.69) is 48.8 Å². The van der Waals surface area contributed by atoms with E-state index in [4.69, 9.17) is 11.6 Å². The van der Waals surface area contributed by atoms with Crippen molar-refractivity contribution in [2.75, 3.05) is 18.4 Å². The molecule has 32 heavy (non-hydrogen) atoms. The Labute approximate surface area is 201 Å². The van der Waals surface area contributed by atoms with Crippen molar-refractivity contribution in [1.82, 2.24) is 19.9 Å². The first-order valence-electron chi connectivity index (χ1n) is 9.73. The minimum Gasteiger partial charge on any atom is -0.368 e. The summed E-state index contributed by atoms with van der Waals surface area (Å²) in [6.07, 6.45) is 1.68. The van der Waals surface area contributed by atoms with Gasteiger partial charge in [0.25, 0.3) is 5.91 Å². The Hall–Kier alpha value is -3.12. The lowest BCUT2D eigenvalue weighted by atomic mass is 10.2. The molecule has 0 aliphatic carbocycles. The van der Waals surface area contributed by atoms with Crippen LogP contribution >= 0.6 is 38.9 Å². The van der Waals surface area contributed by atoms with Crippen molar-refractivity contribution in [2.24, 2.45) is 0 Å². The Morgan fingerprint density at radius 1 is 1.22 bits per heavy atom. The maximum atomic E-state index is 12.5. The first-order valence-corrected chi connectivity index (χ1v) is 11.7. The van der Waals surface area contributed by atoms with E-state index in [1.165, 1.54) is 11.3 Å². The van der Waals surface area contributed by atoms with Gasteiger partial charge < -0.3 is 10.6 Å². The van der Waals surface area contributed by atoms with Crippen molar-refractivity contribution in [3.05, 3.63) is 81.2 Å². The van der Waals surface area contributed by atoms with Gasteiger partial charge in [0.1, 0.15) is 5.82 Å². The Morgan fingerprint density at radius 2 is 2.09 bits per heavy atom. The van der Waals surface area contributed by atoms with E-state index in [-0.39, 0.29) is 5.91 Å². The number of nitrogens with one attached hydrogen (secondary N) is 2. The van der Waals surface area contributed by atoms with Crippen molar-refractivity contribution >= 4 is 66.3 Å². The van der Waals surface area contributed by atoms with Crippen molar-refractivity contribution < 1.29 is 4.79 Å². The van der Waals surface area contributed by atoms with Crippen LogP contribution in [-0.4, -0.2) is 33.6 Å². The van der Waals surface area contributed by atoms with Crippen LogP contribution in [0.4, 0.5) is 5.82 Å². The van der Waals surface area contributed by atoms with E-state index in [9.17, 15) is 4.79 Å². The van der Waals surface area contributed by atoms with E-state index >= 15 is 0 Å². The zero-order valence-corrected chi connectivity index (χ0v) is 19.7. The Bertz CT molecular complexity index is 1410. The molecule has 3 aromatic heterocycles. The van der Waals surface area contributed by atoms with Crippen molar-refractivity contribution in [1.29, 1.82) is 0 Å². The molecule has 0 atom stereocenters. The number of fused-ring (bicyclic) bond motifs is 2. The van der Waals surface area contributed by atoms with Gasteiger partial charge in [-0.3, -0.25) is 4.79 Å². The number of hydrogen-bond donors (Lipinski definition) is 2. The van der Waals surface area contributed by atoms with Gasteiger partial charge in [-0.05, 0) is 45.6 Å². The van der Waals surface area contributed by atoms with Gasteiger partial charge in [0, 0.05) is 23.9 Å². The van der Waals surface area contributed by atoms with Gasteiger partial charge in [-0.25, -0.2) is 4.98 Å². The maximum absolute atomic E-state index is 12.5. The number of hydrogen-bond acceptors (Lipinski definition) is 5. The molecule has 3 heterocycles. The van der Waals surface area contributed by atoms with Gasteiger partial charge in [0.15, 0.2) is 5.65 Å². The maximum Gasteiger partial charge on any atom is 0.261 e. The van der Waals surface area contributed by atoms with Crippen LogP contribution in [0.3, 0.4) is 0 Å². The van der Waals surface area contributed by atoms with Crippen molar-refractivity contribution in [3.63, 3.8) is 0 Å². The summed E-state index contributed by atoms with van der Waals surface area (Å²) in [6.45, 7) is 0.950. The third-order valence-electron chi connectivity index (χ3n) is 4.80. The average molecular weight is 525 g/mol. The van der Waals surface area contributed by atoms with Gasteiger partial charge in [-0.2, -0.15) is 9.61 Å². The predicted octanol–water partition coefficient (Wildman–Crippen LogP) is 5.47. The molecule has 0 spiro atoms. The molecule has 1 amide bonds. The van der Waals surface area contributed by atoms with Crippen LogP contribution in [0.25, 0.3) is 27.0 Å². The summed E-state index contributed by atoms with van der Waals surface area (Å²) >= 11 is 11.3. The smallest absolute Gasteiger partial charge is 0.261 e. The summed E-state index contributed by atoms with van der Waals surface area (Å²) < 4.78 is 3.55. The molecule has 6 nitrogen and oxygen atoms in total. The summed E-state index contributed by atoms with van der Waals surface area (Å²) in [5.41, 5.74) is 1.95. The van der Waals surface area contributed by atoms with Gasteiger partial charge in [-0.1, -0.05) is 41.9 Å². The molecule has 0 fully saturated rings. The summed E-state index contributed by atoms with van der Waals surface area (Å²) in [5, 5.41) is 12.3. The highest BCUT2D eigenvalue weighted by molar-refractivity contribution is 9.10. The zero-order valence-electron chi connectivity index (χ0n) is 16.5. The molecule has 5 rings (SSSR count). The number of halogens is 2. The number of amides is 1. The Morgan fingerprint density at radius 3 is 2.94 bits per heavy atom. The van der Waals surface area contributed by atoms with Crippen LogP contribution in [0.5, 0.6) is 0 Å². The van der Waals surface area contributed by atoms with Crippen molar-refractivity contribution in [3.8, 4) is 11.3 Å². The SMILES string of the molecule is O=C(NCCNc1cc(-c2c#cccc2Cl)nc2c(Br)cnn12)c1cc2ccccc2s1. The number of nitrogens with zero attached hydrogens (tertiary/aromatic N) is 3. The van der Waals surface area contributed by atoms with E-state index < -0.39 is 0 Å². The normalized spacial score (nSPS) is 10.9. The predicted molar refractivity (Wildman–Crippen MR) is 131 cm³/mol. The number of benzene rings is 1. The monoisotopic (exact) mass is 523 g/mol. The molecule has 0 bridgehead atoms. The minimum absolute atomic E-state index is 0.0865. The molecule has 0 aliphatic heterocycles. The molecule has 0 radical (unpaired) electrons. The van der Waals surface area contributed by atoms with E-state index in [1.54, 1.807) is 22.8 Å². The molecule has 0 saturated carbocycles. The molecule has 0 saturated heterocycles. The second-order valence-electron chi connectivity index (χ2n) is 6.91. The highest BCUT2D eigenvalue weighted by Gasteiger charge is 2.14. The van der Waals surface area contributed by atoms with Crippen molar-refractivity contribution in [2.45, 2.75) is 0 Å². The van der Waals surface area contributed by atoms with Gasteiger partial charge in [-0.15, -0.1) is 11.3 Å². The number of aromatic nitrogens is 3. The highest BCUT2D eigenvalue weighted by Crippen LogP contribution is 2.29. The van der Waals surface area contributed by atoms with Crippen LogP contribution in [0.2, 0.25) is 5.02 Å². The van der Waals surface area contributed by atoms with Crippen LogP contribution in [0.15, 0.2) is 59.2 Å². The highest BCUT2D eigenvalue weighted by atomic mass is 79.9. The van der Waals surface area contributed by atoms with Crippen LogP contribution in [0.1, 0.15) is 9.67 Å². The molecule has 0 unspecified atom stereocenters. The molecule has 2 N–H and O–H groups in total. The lowest BCUT2D eigenvalue weighted by molar-refractivity contribution is 0.0959. The topological polar surface area (TPSA) is 71.3 Å².